The number of nitrogens with two attached hydrogens (primary N) is 1. The molecule has 2 unspecified atom stereocenters. The van der Waals surface area contributed by atoms with Crippen molar-refractivity contribution < 1.29 is 5.11 Å². The Balaban J connectivity index is 2.38. The van der Waals surface area contributed by atoms with E-state index in [0.29, 0.717) is 12.5 Å². The highest BCUT2D eigenvalue weighted by atomic mass is 16.3. The summed E-state index contributed by atoms with van der Waals surface area (Å²) in [6.07, 6.45) is 1.78. The van der Waals surface area contributed by atoms with Crippen LogP contribution in [0.2, 0.25) is 0 Å². The second-order valence-corrected chi connectivity index (χ2v) is 3.73. The molecule has 1 aliphatic rings. The van der Waals surface area contributed by atoms with Crippen molar-refractivity contribution in [3.8, 4) is 6.07 Å². The Labute approximate surface area is 78.9 Å². The Hall–Kier alpha value is -0.630. The molecule has 4 nitrogen and oxygen atoms in total. The zero-order chi connectivity index (χ0) is 9.68. The fourth-order valence-corrected chi connectivity index (χ4v) is 1.97. The number of rotatable bonds is 3. The lowest BCUT2D eigenvalue weighted by molar-refractivity contribution is 0.146. The second kappa shape index (κ2) is 5.18. The SMILES string of the molecule is N#CCN1CC(N)CC(CCO)C1. The maximum absolute atomic E-state index is 8.80. The Morgan fingerprint density at radius 3 is 2.92 bits per heavy atom. The number of piperidine rings is 1. The Morgan fingerprint density at radius 2 is 2.31 bits per heavy atom. The molecule has 4 heteroatoms. The number of likely N-dealkylation sites (tertiary alicyclic amines) is 1. The highest BCUT2D eigenvalue weighted by Gasteiger charge is 2.24. The zero-order valence-corrected chi connectivity index (χ0v) is 7.82. The van der Waals surface area contributed by atoms with Crippen molar-refractivity contribution in [2.75, 3.05) is 26.2 Å². The standard InChI is InChI=1S/C9H17N3O/c10-2-3-12-6-8(1-4-13)5-9(11)7-12/h8-9,13H,1,3-7,11H2. The van der Waals surface area contributed by atoms with E-state index in [1.54, 1.807) is 0 Å². The van der Waals surface area contributed by atoms with Crippen molar-refractivity contribution >= 4 is 0 Å². The van der Waals surface area contributed by atoms with Crippen molar-refractivity contribution in [3.63, 3.8) is 0 Å². The molecule has 1 rings (SSSR count). The van der Waals surface area contributed by atoms with Crippen LogP contribution >= 0.6 is 0 Å². The van der Waals surface area contributed by atoms with Crippen LogP contribution in [0.1, 0.15) is 12.8 Å². The van der Waals surface area contributed by atoms with Crippen molar-refractivity contribution in [2.45, 2.75) is 18.9 Å². The highest BCUT2D eigenvalue weighted by Crippen LogP contribution is 2.18. The van der Waals surface area contributed by atoms with Gasteiger partial charge in [0.05, 0.1) is 12.6 Å². The molecule has 0 aromatic rings. The van der Waals surface area contributed by atoms with Gasteiger partial charge in [0.15, 0.2) is 0 Å². The average molecular weight is 183 g/mol. The number of hydrogen-bond acceptors (Lipinski definition) is 4. The maximum atomic E-state index is 8.80. The maximum Gasteiger partial charge on any atom is 0.0866 e. The molecule has 13 heavy (non-hydrogen) atoms. The van der Waals surface area contributed by atoms with Crippen LogP contribution in [0.15, 0.2) is 0 Å². The first-order valence-corrected chi connectivity index (χ1v) is 4.72. The molecular formula is C9H17N3O. The summed E-state index contributed by atoms with van der Waals surface area (Å²) in [5.74, 6) is 0.460. The molecule has 3 N–H and O–H groups in total. The van der Waals surface area contributed by atoms with Gasteiger partial charge in [-0.05, 0) is 18.8 Å². The molecule has 1 heterocycles. The molecule has 0 spiro atoms. The van der Waals surface area contributed by atoms with E-state index in [1.807, 2.05) is 0 Å². The fraction of sp³-hybridized carbons (Fsp3) is 0.889. The summed E-state index contributed by atoms with van der Waals surface area (Å²) in [4.78, 5) is 2.06. The van der Waals surface area contributed by atoms with E-state index in [0.717, 1.165) is 25.9 Å². The van der Waals surface area contributed by atoms with Crippen molar-refractivity contribution in [2.24, 2.45) is 11.7 Å². The van der Waals surface area contributed by atoms with Gasteiger partial charge in [-0.2, -0.15) is 5.26 Å². The minimum Gasteiger partial charge on any atom is -0.396 e. The molecule has 1 aliphatic heterocycles. The van der Waals surface area contributed by atoms with Gasteiger partial charge in [0.1, 0.15) is 0 Å². The summed E-state index contributed by atoms with van der Waals surface area (Å²) >= 11 is 0. The monoisotopic (exact) mass is 183 g/mol. The third kappa shape index (κ3) is 3.31. The van der Waals surface area contributed by atoms with Crippen LogP contribution in [0.5, 0.6) is 0 Å². The van der Waals surface area contributed by atoms with Gasteiger partial charge >= 0.3 is 0 Å². The van der Waals surface area contributed by atoms with E-state index in [2.05, 4.69) is 11.0 Å². The predicted molar refractivity (Wildman–Crippen MR) is 49.8 cm³/mol. The molecule has 0 aliphatic carbocycles. The quantitative estimate of drug-likeness (QED) is 0.581. The first-order chi connectivity index (χ1) is 6.26. The van der Waals surface area contributed by atoms with E-state index in [-0.39, 0.29) is 12.6 Å². The summed E-state index contributed by atoms with van der Waals surface area (Å²) in [7, 11) is 0. The van der Waals surface area contributed by atoms with Crippen LogP contribution in [0, 0.1) is 17.2 Å². The topological polar surface area (TPSA) is 73.3 Å². The zero-order valence-electron chi connectivity index (χ0n) is 7.82. The molecule has 0 saturated carbocycles. The molecule has 2 atom stereocenters. The van der Waals surface area contributed by atoms with Crippen molar-refractivity contribution in [1.29, 1.82) is 5.26 Å². The molecule has 74 valence electrons. The summed E-state index contributed by atoms with van der Waals surface area (Å²) in [6, 6.07) is 2.29. The van der Waals surface area contributed by atoms with Gasteiger partial charge in [-0.3, -0.25) is 4.90 Å². The number of aliphatic hydroxyl groups is 1. The molecule has 1 fully saturated rings. The summed E-state index contributed by atoms with van der Waals surface area (Å²) in [5.41, 5.74) is 5.84. The van der Waals surface area contributed by atoms with Crippen LogP contribution in [-0.4, -0.2) is 42.3 Å². The van der Waals surface area contributed by atoms with Crippen LogP contribution in [0.25, 0.3) is 0 Å². The van der Waals surface area contributed by atoms with E-state index in [4.69, 9.17) is 16.1 Å². The lowest BCUT2D eigenvalue weighted by Crippen LogP contribution is -2.47. The third-order valence-corrected chi connectivity index (χ3v) is 2.48. The van der Waals surface area contributed by atoms with Crippen molar-refractivity contribution in [1.82, 2.24) is 4.90 Å². The van der Waals surface area contributed by atoms with E-state index >= 15 is 0 Å². The predicted octanol–water partition coefficient (Wildman–Crippen LogP) is -0.458. The highest BCUT2D eigenvalue weighted by molar-refractivity contribution is 4.86. The molecule has 0 radical (unpaired) electrons. The molecule has 0 amide bonds. The molecular weight excluding hydrogens is 166 g/mol. The van der Waals surface area contributed by atoms with Crippen LogP contribution in [-0.2, 0) is 0 Å². The fourth-order valence-electron chi connectivity index (χ4n) is 1.97. The average Bonchev–Trinajstić information content (AvgIpc) is 2.04. The van der Waals surface area contributed by atoms with Gasteiger partial charge in [-0.25, -0.2) is 0 Å². The van der Waals surface area contributed by atoms with E-state index in [9.17, 15) is 0 Å². The van der Waals surface area contributed by atoms with Gasteiger partial charge in [0, 0.05) is 25.7 Å². The number of nitrogens with zero attached hydrogens (tertiary/aromatic N) is 2. The lowest BCUT2D eigenvalue weighted by atomic mass is 9.92. The van der Waals surface area contributed by atoms with Gasteiger partial charge in [-0.15, -0.1) is 0 Å². The lowest BCUT2D eigenvalue weighted by Gasteiger charge is -2.34. The third-order valence-electron chi connectivity index (χ3n) is 2.48. The Bertz CT molecular complexity index is 190. The van der Waals surface area contributed by atoms with Crippen molar-refractivity contribution in [3.05, 3.63) is 0 Å². The smallest absolute Gasteiger partial charge is 0.0866 e. The Morgan fingerprint density at radius 1 is 1.54 bits per heavy atom. The first kappa shape index (κ1) is 10.5. The molecule has 0 aromatic carbocycles. The number of hydrogen-bond donors (Lipinski definition) is 2. The molecule has 0 bridgehead atoms. The number of aliphatic hydroxyl groups excluding tert-OH is 1. The van der Waals surface area contributed by atoms with E-state index < -0.39 is 0 Å². The van der Waals surface area contributed by atoms with Crippen LogP contribution < -0.4 is 5.73 Å². The number of nitriles is 1. The van der Waals surface area contributed by atoms with Crippen LogP contribution in [0.4, 0.5) is 0 Å². The largest absolute Gasteiger partial charge is 0.396 e. The molecule has 1 saturated heterocycles. The summed E-state index contributed by atoms with van der Waals surface area (Å²) in [6.45, 7) is 2.39. The Kier molecular flexibility index (Phi) is 4.16. The summed E-state index contributed by atoms with van der Waals surface area (Å²) in [5, 5.41) is 17.3. The normalized spacial score (nSPS) is 29.9. The van der Waals surface area contributed by atoms with Crippen LogP contribution in [0.3, 0.4) is 0 Å². The first-order valence-electron chi connectivity index (χ1n) is 4.72. The van der Waals surface area contributed by atoms with Gasteiger partial charge in [-0.1, -0.05) is 0 Å². The second-order valence-electron chi connectivity index (χ2n) is 3.73. The van der Waals surface area contributed by atoms with Gasteiger partial charge < -0.3 is 10.8 Å². The minimum absolute atomic E-state index is 0.165. The molecule has 0 aromatic heterocycles. The summed E-state index contributed by atoms with van der Waals surface area (Å²) < 4.78 is 0. The van der Waals surface area contributed by atoms with E-state index in [1.165, 1.54) is 0 Å². The minimum atomic E-state index is 0.165. The van der Waals surface area contributed by atoms with Gasteiger partial charge in [0.25, 0.3) is 0 Å². The van der Waals surface area contributed by atoms with Gasteiger partial charge in [0.2, 0.25) is 0 Å².